The monoisotopic (exact) mass is 327 g/mol. The number of H-pyrrole nitrogens is 1. The molecule has 128 valence electrons. The van der Waals surface area contributed by atoms with E-state index < -0.39 is 6.10 Å². The first-order chi connectivity index (χ1) is 11.8. The number of aromatic amines is 1. The summed E-state index contributed by atoms with van der Waals surface area (Å²) in [4.78, 5) is 19.3. The summed E-state index contributed by atoms with van der Waals surface area (Å²) >= 11 is 0. The van der Waals surface area contributed by atoms with Gasteiger partial charge in [-0.1, -0.05) is 13.0 Å². The molecule has 0 radical (unpaired) electrons. The fourth-order valence-corrected chi connectivity index (χ4v) is 3.13. The van der Waals surface area contributed by atoms with Gasteiger partial charge in [-0.3, -0.25) is 4.79 Å². The highest BCUT2D eigenvalue weighted by molar-refractivity contribution is 5.81. The maximum atomic E-state index is 12.3. The molecule has 0 spiro atoms. The van der Waals surface area contributed by atoms with Crippen LogP contribution in [0.25, 0.3) is 0 Å². The van der Waals surface area contributed by atoms with Crippen molar-refractivity contribution in [2.45, 2.75) is 51.6 Å². The number of fused-ring (bicyclic) bond motifs is 1. The summed E-state index contributed by atoms with van der Waals surface area (Å²) in [6.07, 6.45) is 9.12. The minimum atomic E-state index is -0.451. The number of aryl methyl sites for hydroxylation is 2. The number of nitrogens with one attached hydrogen (secondary N) is 2. The second-order valence-electron chi connectivity index (χ2n) is 6.27. The maximum Gasteiger partial charge on any atom is 0.261 e. The molecule has 24 heavy (non-hydrogen) atoms. The lowest BCUT2D eigenvalue weighted by Gasteiger charge is -2.20. The van der Waals surface area contributed by atoms with E-state index in [-0.39, 0.29) is 5.91 Å². The molecule has 0 bridgehead atoms. The molecule has 1 aliphatic carbocycles. The van der Waals surface area contributed by atoms with E-state index >= 15 is 0 Å². The Morgan fingerprint density at radius 3 is 2.92 bits per heavy atom. The lowest BCUT2D eigenvalue weighted by atomic mass is 9.92. The van der Waals surface area contributed by atoms with Gasteiger partial charge < -0.3 is 15.0 Å². The molecule has 1 aromatic heterocycles. The number of amides is 1. The topological polar surface area (TPSA) is 67.0 Å². The van der Waals surface area contributed by atoms with E-state index in [0.29, 0.717) is 13.0 Å². The first kappa shape index (κ1) is 16.6. The van der Waals surface area contributed by atoms with Crippen molar-refractivity contribution in [3.05, 3.63) is 47.5 Å². The maximum absolute atomic E-state index is 12.3. The fraction of sp³-hybridized carbons (Fsp3) is 0.474. The van der Waals surface area contributed by atoms with E-state index in [4.69, 9.17) is 4.74 Å². The third kappa shape index (κ3) is 4.16. The molecule has 0 saturated carbocycles. The van der Waals surface area contributed by atoms with E-state index in [1.54, 1.807) is 12.5 Å². The van der Waals surface area contributed by atoms with Gasteiger partial charge in [-0.15, -0.1) is 0 Å². The van der Waals surface area contributed by atoms with Gasteiger partial charge >= 0.3 is 0 Å². The molecule has 1 amide bonds. The molecule has 0 aliphatic heterocycles. The number of aromatic nitrogens is 2. The van der Waals surface area contributed by atoms with Crippen LogP contribution in [0.3, 0.4) is 0 Å². The molecule has 3 rings (SSSR count). The van der Waals surface area contributed by atoms with Gasteiger partial charge in [-0.25, -0.2) is 4.98 Å². The summed E-state index contributed by atoms with van der Waals surface area (Å²) in [5.41, 5.74) is 3.80. The molecule has 1 aromatic carbocycles. The Balaban J connectivity index is 1.54. The zero-order chi connectivity index (χ0) is 16.8. The lowest BCUT2D eigenvalue weighted by Crippen LogP contribution is -2.39. The molecule has 1 heterocycles. The van der Waals surface area contributed by atoms with Crippen molar-refractivity contribution in [3.8, 4) is 5.75 Å². The van der Waals surface area contributed by atoms with Crippen LogP contribution in [0.15, 0.2) is 30.7 Å². The largest absolute Gasteiger partial charge is 0.481 e. The smallest absolute Gasteiger partial charge is 0.261 e. The average Bonchev–Trinajstić information content (AvgIpc) is 3.13. The summed E-state index contributed by atoms with van der Waals surface area (Å²) < 4.78 is 5.95. The van der Waals surface area contributed by atoms with Crippen LogP contribution in [0, 0.1) is 0 Å². The van der Waals surface area contributed by atoms with Crippen molar-refractivity contribution in [1.82, 2.24) is 15.3 Å². The van der Waals surface area contributed by atoms with E-state index in [9.17, 15) is 4.79 Å². The van der Waals surface area contributed by atoms with Gasteiger partial charge in [0.2, 0.25) is 0 Å². The van der Waals surface area contributed by atoms with Gasteiger partial charge in [-0.05, 0) is 55.4 Å². The summed E-state index contributed by atoms with van der Waals surface area (Å²) in [6, 6.07) is 6.24. The second-order valence-corrected chi connectivity index (χ2v) is 6.27. The van der Waals surface area contributed by atoms with Crippen molar-refractivity contribution in [2.24, 2.45) is 0 Å². The summed E-state index contributed by atoms with van der Waals surface area (Å²) in [5.74, 6) is 0.737. The highest BCUT2D eigenvalue weighted by atomic mass is 16.5. The van der Waals surface area contributed by atoms with Crippen LogP contribution in [-0.2, 0) is 24.1 Å². The number of carbonyl (C=O) groups is 1. The molecule has 2 aromatic rings. The molecule has 0 unspecified atom stereocenters. The summed E-state index contributed by atoms with van der Waals surface area (Å²) in [5, 5.41) is 2.94. The van der Waals surface area contributed by atoms with Gasteiger partial charge in [0, 0.05) is 24.9 Å². The molecule has 0 saturated heterocycles. The summed E-state index contributed by atoms with van der Waals surface area (Å²) in [6.45, 7) is 2.54. The van der Waals surface area contributed by atoms with Gasteiger partial charge in [0.05, 0.1) is 6.33 Å². The normalized spacial score (nSPS) is 14.7. The Morgan fingerprint density at radius 1 is 1.33 bits per heavy atom. The lowest BCUT2D eigenvalue weighted by molar-refractivity contribution is -0.128. The Hall–Kier alpha value is -2.30. The van der Waals surface area contributed by atoms with E-state index in [2.05, 4.69) is 27.4 Å². The predicted molar refractivity (Wildman–Crippen MR) is 93.1 cm³/mol. The number of benzene rings is 1. The molecule has 1 atom stereocenters. The molecular formula is C19H25N3O2. The van der Waals surface area contributed by atoms with Crippen LogP contribution in [0.5, 0.6) is 5.75 Å². The number of imidazole rings is 1. The number of nitrogens with zero attached hydrogens (tertiary/aromatic N) is 1. The quantitative estimate of drug-likeness (QED) is 0.822. The van der Waals surface area contributed by atoms with Gasteiger partial charge in [0.25, 0.3) is 5.91 Å². The SMILES string of the molecule is CC[C@@H](Oc1ccc2c(c1)CCCC2)C(=O)NCCc1cnc[nH]1. The third-order valence-corrected chi connectivity index (χ3v) is 4.51. The van der Waals surface area contributed by atoms with Crippen LogP contribution in [0.4, 0.5) is 0 Å². The van der Waals surface area contributed by atoms with Crippen molar-refractivity contribution in [1.29, 1.82) is 0 Å². The van der Waals surface area contributed by atoms with Crippen LogP contribution in [0.2, 0.25) is 0 Å². The zero-order valence-electron chi connectivity index (χ0n) is 14.2. The average molecular weight is 327 g/mol. The molecule has 2 N–H and O–H groups in total. The number of rotatable bonds is 7. The number of hydrogen-bond acceptors (Lipinski definition) is 3. The molecular weight excluding hydrogens is 302 g/mol. The Morgan fingerprint density at radius 2 is 2.17 bits per heavy atom. The number of ether oxygens (including phenoxy) is 1. The van der Waals surface area contributed by atoms with Gasteiger partial charge in [0.15, 0.2) is 6.10 Å². The van der Waals surface area contributed by atoms with E-state index in [0.717, 1.165) is 30.7 Å². The minimum Gasteiger partial charge on any atom is -0.481 e. The standard InChI is InChI=1S/C19H25N3O2/c1-2-18(19(23)21-10-9-16-12-20-13-22-16)24-17-8-7-14-5-3-4-6-15(14)11-17/h7-8,11-13,18H,2-6,9-10H2,1H3,(H,20,22)(H,21,23)/t18-/m1/s1. The minimum absolute atomic E-state index is 0.0604. The van der Waals surface area contributed by atoms with Crippen molar-refractivity contribution < 1.29 is 9.53 Å². The predicted octanol–water partition coefficient (Wildman–Crippen LogP) is 2.80. The van der Waals surface area contributed by atoms with Gasteiger partial charge in [0.1, 0.15) is 5.75 Å². The van der Waals surface area contributed by atoms with Crippen molar-refractivity contribution in [3.63, 3.8) is 0 Å². The first-order valence-corrected chi connectivity index (χ1v) is 8.79. The molecule has 5 nitrogen and oxygen atoms in total. The Bertz CT molecular complexity index is 667. The molecule has 0 fully saturated rings. The van der Waals surface area contributed by atoms with Crippen LogP contribution in [0.1, 0.15) is 43.0 Å². The Labute approximate surface area is 142 Å². The number of carbonyl (C=O) groups excluding carboxylic acids is 1. The zero-order valence-corrected chi connectivity index (χ0v) is 14.2. The highest BCUT2D eigenvalue weighted by Gasteiger charge is 2.19. The first-order valence-electron chi connectivity index (χ1n) is 8.79. The number of hydrogen-bond donors (Lipinski definition) is 2. The van der Waals surface area contributed by atoms with E-state index in [1.807, 2.05) is 13.0 Å². The molecule has 5 heteroatoms. The van der Waals surface area contributed by atoms with E-state index in [1.165, 1.54) is 24.0 Å². The fourth-order valence-electron chi connectivity index (χ4n) is 3.13. The summed E-state index contributed by atoms with van der Waals surface area (Å²) in [7, 11) is 0. The Kier molecular flexibility index (Phi) is 5.51. The van der Waals surface area contributed by atoms with Crippen LogP contribution < -0.4 is 10.1 Å². The van der Waals surface area contributed by atoms with Crippen LogP contribution in [-0.4, -0.2) is 28.5 Å². The van der Waals surface area contributed by atoms with Crippen LogP contribution >= 0.6 is 0 Å². The van der Waals surface area contributed by atoms with Gasteiger partial charge in [-0.2, -0.15) is 0 Å². The van der Waals surface area contributed by atoms with Crippen molar-refractivity contribution in [2.75, 3.05) is 6.54 Å². The van der Waals surface area contributed by atoms with Crippen molar-refractivity contribution >= 4 is 5.91 Å². The highest BCUT2D eigenvalue weighted by Crippen LogP contribution is 2.26. The molecule has 1 aliphatic rings. The third-order valence-electron chi connectivity index (χ3n) is 4.51. The second kappa shape index (κ2) is 7.99.